The lowest BCUT2D eigenvalue weighted by atomic mass is 10.0. The van der Waals surface area contributed by atoms with Crippen LogP contribution in [0, 0.1) is 5.92 Å². The summed E-state index contributed by atoms with van der Waals surface area (Å²) in [6, 6.07) is -0.790. The normalized spacial score (nSPS) is 24.1. The molecule has 0 saturated carbocycles. The van der Waals surface area contributed by atoms with Crippen molar-refractivity contribution < 1.29 is 28.8 Å². The fourth-order valence-electron chi connectivity index (χ4n) is 3.83. The van der Waals surface area contributed by atoms with Crippen LogP contribution in [0.5, 0.6) is 0 Å². The van der Waals surface area contributed by atoms with Gasteiger partial charge in [0.2, 0.25) is 0 Å². The number of hydrogen-bond donors (Lipinski definition) is 1. The summed E-state index contributed by atoms with van der Waals surface area (Å²) in [5.74, 6) is -0.176. The summed E-state index contributed by atoms with van der Waals surface area (Å²) >= 11 is 0. The molecule has 3 aliphatic rings. The third-order valence-electron chi connectivity index (χ3n) is 5.45. The Labute approximate surface area is 177 Å². The number of unbranched alkanes of at least 4 members (excludes halogenated alkanes) is 1. The predicted octanol–water partition coefficient (Wildman–Crippen LogP) is 1.90. The lowest BCUT2D eigenvalue weighted by molar-refractivity contribution is -0.141. The van der Waals surface area contributed by atoms with Gasteiger partial charge in [-0.1, -0.05) is 13.3 Å². The lowest BCUT2D eigenvalue weighted by Gasteiger charge is -2.39. The maximum absolute atomic E-state index is 12.6. The minimum Gasteiger partial charge on any atom is -0.444 e. The quantitative estimate of drug-likeness (QED) is 0.470. The van der Waals surface area contributed by atoms with Crippen molar-refractivity contribution in [2.45, 2.75) is 71.1 Å². The molecule has 4 amide bonds. The molecule has 0 spiro atoms. The van der Waals surface area contributed by atoms with Crippen molar-refractivity contribution in [3.63, 3.8) is 0 Å². The van der Waals surface area contributed by atoms with Crippen molar-refractivity contribution >= 4 is 18.0 Å². The van der Waals surface area contributed by atoms with Crippen LogP contribution in [0.1, 0.15) is 53.4 Å². The van der Waals surface area contributed by atoms with Crippen LogP contribution in [0.3, 0.4) is 0 Å². The third kappa shape index (κ3) is 5.34. The number of rotatable bonds is 8. The Hall–Kier alpha value is -2.07. The van der Waals surface area contributed by atoms with Gasteiger partial charge >= 0.3 is 12.1 Å². The standard InChI is InChI=1S/C20H34N4O6/c1-5-6-9-29-24-15-7-8-16(23(12-15)18(24)26)17(25)21-28-13-14-10-22(11-14)19(27)30-20(2,3)4/h14-16H,5-13H2,1-4H3,(H,21,25)/t15?,16-/m0/s1. The Morgan fingerprint density at radius 2 is 1.90 bits per heavy atom. The Balaban J connectivity index is 1.36. The molecule has 2 atom stereocenters. The summed E-state index contributed by atoms with van der Waals surface area (Å²) in [7, 11) is 0. The number of hydroxylamine groups is 3. The van der Waals surface area contributed by atoms with E-state index in [-0.39, 0.29) is 30.0 Å². The zero-order valence-electron chi connectivity index (χ0n) is 18.4. The highest BCUT2D eigenvalue weighted by atomic mass is 16.7. The Kier molecular flexibility index (Phi) is 7.07. The number of carbonyl (C=O) groups is 3. The summed E-state index contributed by atoms with van der Waals surface area (Å²) in [6.45, 7) is 9.93. The van der Waals surface area contributed by atoms with Gasteiger partial charge in [0.25, 0.3) is 5.91 Å². The fraction of sp³-hybridized carbons (Fsp3) is 0.850. The van der Waals surface area contributed by atoms with Crippen LogP contribution >= 0.6 is 0 Å². The number of nitrogens with zero attached hydrogens (tertiary/aromatic N) is 3. The largest absolute Gasteiger partial charge is 0.444 e. The Bertz CT molecular complexity index is 646. The molecule has 3 fully saturated rings. The van der Waals surface area contributed by atoms with E-state index in [9.17, 15) is 14.4 Å². The number of fused-ring (bicyclic) bond motifs is 2. The zero-order chi connectivity index (χ0) is 21.9. The molecule has 0 aliphatic carbocycles. The molecule has 0 aromatic carbocycles. The number of hydrogen-bond acceptors (Lipinski definition) is 6. The van der Waals surface area contributed by atoms with Crippen LogP contribution in [-0.4, -0.2) is 83.4 Å². The molecule has 3 aliphatic heterocycles. The first-order valence-corrected chi connectivity index (χ1v) is 10.8. The number of amides is 4. The second kappa shape index (κ2) is 9.38. The molecule has 0 aromatic rings. The van der Waals surface area contributed by atoms with E-state index in [0.717, 1.165) is 19.3 Å². The van der Waals surface area contributed by atoms with Gasteiger partial charge in [0.1, 0.15) is 11.6 Å². The van der Waals surface area contributed by atoms with Crippen molar-refractivity contribution in [3.05, 3.63) is 0 Å². The van der Waals surface area contributed by atoms with Gasteiger partial charge in [-0.25, -0.2) is 15.1 Å². The maximum Gasteiger partial charge on any atom is 0.410 e. The smallest absolute Gasteiger partial charge is 0.410 e. The van der Waals surface area contributed by atoms with E-state index in [1.54, 1.807) is 9.80 Å². The molecule has 0 aromatic heterocycles. The van der Waals surface area contributed by atoms with E-state index < -0.39 is 11.6 Å². The van der Waals surface area contributed by atoms with Gasteiger partial charge in [0.15, 0.2) is 0 Å². The molecule has 1 unspecified atom stereocenters. The molecule has 3 heterocycles. The molecule has 10 nitrogen and oxygen atoms in total. The maximum atomic E-state index is 12.6. The van der Waals surface area contributed by atoms with Crippen molar-refractivity contribution in [2.75, 3.05) is 32.8 Å². The average molecular weight is 427 g/mol. The van der Waals surface area contributed by atoms with Gasteiger partial charge in [-0.3, -0.25) is 14.5 Å². The molecular formula is C20H34N4O6. The van der Waals surface area contributed by atoms with E-state index in [4.69, 9.17) is 14.4 Å². The molecule has 0 radical (unpaired) electrons. The first-order chi connectivity index (χ1) is 14.2. The highest BCUT2D eigenvalue weighted by Crippen LogP contribution is 2.30. The van der Waals surface area contributed by atoms with Crippen molar-refractivity contribution in [1.82, 2.24) is 20.3 Å². The highest BCUT2D eigenvalue weighted by molar-refractivity contribution is 5.88. The first kappa shape index (κ1) is 22.6. The number of nitrogens with one attached hydrogen (secondary N) is 1. The van der Waals surface area contributed by atoms with E-state index >= 15 is 0 Å². The number of urea groups is 1. The molecule has 3 rings (SSSR count). The van der Waals surface area contributed by atoms with E-state index in [2.05, 4.69) is 12.4 Å². The summed E-state index contributed by atoms with van der Waals surface area (Å²) in [5.41, 5.74) is 1.96. The number of carbonyl (C=O) groups excluding carboxylic acids is 3. The summed E-state index contributed by atoms with van der Waals surface area (Å²) < 4.78 is 5.31. The minimum absolute atomic E-state index is 0.00754. The molecule has 170 valence electrons. The van der Waals surface area contributed by atoms with Crippen molar-refractivity contribution in [3.8, 4) is 0 Å². The predicted molar refractivity (Wildman–Crippen MR) is 107 cm³/mol. The average Bonchev–Trinajstić information content (AvgIpc) is 2.86. The molecule has 1 N–H and O–H groups in total. The third-order valence-corrected chi connectivity index (χ3v) is 5.45. The van der Waals surface area contributed by atoms with Gasteiger partial charge in [0, 0.05) is 25.6 Å². The fourth-order valence-corrected chi connectivity index (χ4v) is 3.83. The molecular weight excluding hydrogens is 392 g/mol. The van der Waals surface area contributed by atoms with E-state index in [1.165, 1.54) is 5.06 Å². The molecule has 10 heteroatoms. The summed E-state index contributed by atoms with van der Waals surface area (Å²) in [4.78, 5) is 51.2. The van der Waals surface area contributed by atoms with Gasteiger partial charge in [-0.15, -0.1) is 0 Å². The number of piperidine rings is 1. The minimum atomic E-state index is -0.548. The van der Waals surface area contributed by atoms with Crippen LogP contribution in [0.25, 0.3) is 0 Å². The molecule has 3 saturated heterocycles. The first-order valence-electron chi connectivity index (χ1n) is 10.8. The second-order valence-electron chi connectivity index (χ2n) is 9.22. The monoisotopic (exact) mass is 426 g/mol. The highest BCUT2D eigenvalue weighted by Gasteiger charge is 2.48. The van der Waals surface area contributed by atoms with Crippen LogP contribution in [0.15, 0.2) is 0 Å². The Morgan fingerprint density at radius 1 is 1.17 bits per heavy atom. The topological polar surface area (TPSA) is 101 Å². The van der Waals surface area contributed by atoms with Crippen LogP contribution in [-0.2, 0) is 19.2 Å². The van der Waals surface area contributed by atoms with Crippen LogP contribution in [0.2, 0.25) is 0 Å². The van der Waals surface area contributed by atoms with Gasteiger partial charge in [-0.2, -0.15) is 5.06 Å². The van der Waals surface area contributed by atoms with Gasteiger partial charge in [0.05, 0.1) is 19.3 Å². The molecule has 2 bridgehead atoms. The van der Waals surface area contributed by atoms with E-state index in [1.807, 2.05) is 20.8 Å². The van der Waals surface area contributed by atoms with Gasteiger partial charge < -0.3 is 14.5 Å². The summed E-state index contributed by atoms with van der Waals surface area (Å²) in [5, 5.41) is 1.43. The summed E-state index contributed by atoms with van der Waals surface area (Å²) in [6.07, 6.45) is 2.85. The number of likely N-dealkylation sites (tertiary alicyclic amines) is 1. The number of ether oxygens (including phenoxy) is 1. The molecule has 30 heavy (non-hydrogen) atoms. The SMILES string of the molecule is CCCCON1C(=O)N2CC1CC[C@H]2C(=O)NOCC1CN(C(=O)OC(C)(C)C)C1. The van der Waals surface area contributed by atoms with Crippen LogP contribution < -0.4 is 5.48 Å². The lowest BCUT2D eigenvalue weighted by Crippen LogP contribution is -2.54. The van der Waals surface area contributed by atoms with Gasteiger partial charge in [-0.05, 0) is 40.0 Å². The Morgan fingerprint density at radius 3 is 2.57 bits per heavy atom. The second-order valence-corrected chi connectivity index (χ2v) is 9.22. The zero-order valence-corrected chi connectivity index (χ0v) is 18.4. The van der Waals surface area contributed by atoms with Crippen molar-refractivity contribution in [1.29, 1.82) is 0 Å². The van der Waals surface area contributed by atoms with Crippen molar-refractivity contribution in [2.24, 2.45) is 5.92 Å². The van der Waals surface area contributed by atoms with Crippen LogP contribution in [0.4, 0.5) is 9.59 Å². The van der Waals surface area contributed by atoms with E-state index in [0.29, 0.717) is 39.3 Å².